The molecule has 3 amide bonds. The highest BCUT2D eigenvalue weighted by Gasteiger charge is 2.29. The Bertz CT molecular complexity index is 891. The van der Waals surface area contributed by atoms with Crippen molar-refractivity contribution in [2.24, 2.45) is 11.5 Å². The van der Waals surface area contributed by atoms with Crippen LogP contribution in [0.3, 0.4) is 0 Å². The van der Waals surface area contributed by atoms with Crippen LogP contribution in [0.4, 0.5) is 9.59 Å². The lowest BCUT2D eigenvalue weighted by molar-refractivity contribution is -0.139. The maximum atomic E-state index is 12.2. The third-order valence-electron chi connectivity index (χ3n) is 4.90. The van der Waals surface area contributed by atoms with Crippen molar-refractivity contribution in [2.45, 2.75) is 24.8 Å². The van der Waals surface area contributed by atoms with Crippen molar-refractivity contribution in [1.82, 2.24) is 10.6 Å². The number of carboxylic acid groups (broad SMARTS) is 1. The van der Waals surface area contributed by atoms with Gasteiger partial charge >= 0.3 is 18.1 Å². The third kappa shape index (κ3) is 6.69. The molecule has 0 heterocycles. The first-order valence-electron chi connectivity index (χ1n) is 10.1. The number of nitrogens with two attached hydrogens (primary N) is 2. The van der Waals surface area contributed by atoms with E-state index in [9.17, 15) is 19.5 Å². The first-order chi connectivity index (χ1) is 15.4. The quantitative estimate of drug-likeness (QED) is 0.263. The molecule has 1 atom stereocenters. The number of aliphatic carboxylic acids is 1. The molecule has 2 aromatic carbocycles. The van der Waals surface area contributed by atoms with Gasteiger partial charge in [0.05, 0.1) is 6.73 Å². The van der Waals surface area contributed by atoms with Gasteiger partial charge in [-0.25, -0.2) is 14.4 Å². The molecule has 0 bridgehead atoms. The number of urea groups is 1. The summed E-state index contributed by atoms with van der Waals surface area (Å²) in [7, 11) is 0. The summed E-state index contributed by atoms with van der Waals surface area (Å²) < 4.78 is 5.36. The van der Waals surface area contributed by atoms with E-state index in [-0.39, 0.29) is 32.2 Å². The lowest BCUT2D eigenvalue weighted by atomic mass is 9.98. The van der Waals surface area contributed by atoms with Gasteiger partial charge in [-0.3, -0.25) is 0 Å². The Labute approximate surface area is 185 Å². The lowest BCUT2D eigenvalue weighted by Gasteiger charge is -2.17. The molecule has 10 heteroatoms. The molecule has 8 N–H and O–H groups in total. The number of aliphatic hydroxyl groups excluding tert-OH is 1. The Morgan fingerprint density at radius 3 is 2.06 bits per heavy atom. The number of carboxylic acids is 1. The molecule has 172 valence electrons. The van der Waals surface area contributed by atoms with Crippen molar-refractivity contribution in [3.8, 4) is 11.1 Å². The number of nitrogens with one attached hydrogen (secondary N) is 2. The van der Waals surface area contributed by atoms with E-state index in [1.54, 1.807) is 0 Å². The maximum Gasteiger partial charge on any atom is 0.407 e. The number of hydrogen-bond acceptors (Lipinski definition) is 6. The molecule has 0 saturated carbocycles. The van der Waals surface area contributed by atoms with Gasteiger partial charge in [-0.05, 0) is 35.1 Å². The van der Waals surface area contributed by atoms with Gasteiger partial charge in [-0.2, -0.15) is 0 Å². The number of amides is 3. The van der Waals surface area contributed by atoms with Crippen LogP contribution in [-0.2, 0) is 9.53 Å². The normalized spacial score (nSPS) is 12.4. The van der Waals surface area contributed by atoms with Gasteiger partial charge in [-0.15, -0.1) is 0 Å². The molecule has 2 aromatic rings. The maximum absolute atomic E-state index is 12.2. The number of primary amides is 1. The number of carbonyl (C=O) groups excluding carboxylic acids is 2. The minimum absolute atomic E-state index is 0.101. The highest BCUT2D eigenvalue weighted by atomic mass is 16.5. The molecular weight excluding hydrogens is 416 g/mol. The second-order valence-corrected chi connectivity index (χ2v) is 6.98. The number of benzene rings is 2. The SMILES string of the molecule is NC(=O)NCCCC(NC(=O)OCC1c2ccccc2-c2ccccc21)C(=O)O.NCO. The Morgan fingerprint density at radius 2 is 1.56 bits per heavy atom. The van der Waals surface area contributed by atoms with Gasteiger partial charge in [0.15, 0.2) is 0 Å². The first kappa shape index (κ1) is 24.6. The Hall–Kier alpha value is -3.63. The summed E-state index contributed by atoms with van der Waals surface area (Å²) in [6.07, 6.45) is -0.300. The highest BCUT2D eigenvalue weighted by molar-refractivity contribution is 5.81. The number of ether oxygens (including phenoxy) is 1. The van der Waals surface area contributed by atoms with Crippen LogP contribution in [0.15, 0.2) is 48.5 Å². The van der Waals surface area contributed by atoms with Crippen LogP contribution in [0.5, 0.6) is 0 Å². The zero-order valence-corrected chi connectivity index (χ0v) is 17.5. The van der Waals surface area contributed by atoms with E-state index in [0.29, 0.717) is 6.42 Å². The average Bonchev–Trinajstić information content (AvgIpc) is 3.08. The predicted molar refractivity (Wildman–Crippen MR) is 118 cm³/mol. The monoisotopic (exact) mass is 444 g/mol. The summed E-state index contributed by atoms with van der Waals surface area (Å²) in [6.45, 7) is 0.0842. The van der Waals surface area contributed by atoms with Crippen molar-refractivity contribution in [1.29, 1.82) is 0 Å². The second kappa shape index (κ2) is 12.3. The van der Waals surface area contributed by atoms with E-state index < -0.39 is 24.1 Å². The number of carbonyl (C=O) groups is 3. The fourth-order valence-electron chi connectivity index (χ4n) is 3.56. The van der Waals surface area contributed by atoms with Crippen LogP contribution in [0.25, 0.3) is 11.1 Å². The number of aliphatic hydroxyl groups is 1. The molecule has 0 spiro atoms. The van der Waals surface area contributed by atoms with E-state index in [1.165, 1.54) is 0 Å². The molecule has 0 aromatic heterocycles. The molecule has 3 rings (SSSR count). The predicted octanol–water partition coefficient (Wildman–Crippen LogP) is 1.32. The van der Waals surface area contributed by atoms with Crippen LogP contribution < -0.4 is 22.1 Å². The van der Waals surface area contributed by atoms with Gasteiger partial charge in [0.25, 0.3) is 0 Å². The molecule has 0 aliphatic heterocycles. The molecular formula is C22H28N4O6. The van der Waals surface area contributed by atoms with Gasteiger partial charge in [0.1, 0.15) is 12.6 Å². The van der Waals surface area contributed by atoms with Crippen LogP contribution in [0.2, 0.25) is 0 Å². The number of alkyl carbamates (subject to hydrolysis) is 1. The topological polar surface area (TPSA) is 177 Å². The standard InChI is InChI=1S/C21H23N3O5.CH5NO/c22-20(27)23-11-5-10-18(19(25)26)24-21(28)29-12-17-15-8-3-1-6-13(15)14-7-2-4-9-16(14)17;2-1-3/h1-4,6-9,17-18H,5,10-12H2,(H,24,28)(H,25,26)(H3,22,23,27);3H,1-2H2. The number of rotatable bonds is 8. The van der Waals surface area contributed by atoms with Gasteiger partial charge in [0.2, 0.25) is 0 Å². The molecule has 10 nitrogen and oxygen atoms in total. The summed E-state index contributed by atoms with van der Waals surface area (Å²) in [6, 6.07) is 14.1. The molecule has 1 aliphatic rings. The van der Waals surface area contributed by atoms with E-state index >= 15 is 0 Å². The van der Waals surface area contributed by atoms with E-state index in [0.717, 1.165) is 22.3 Å². The van der Waals surface area contributed by atoms with E-state index in [1.807, 2.05) is 48.5 Å². The summed E-state index contributed by atoms with van der Waals surface area (Å²) in [5.41, 5.74) is 13.7. The largest absolute Gasteiger partial charge is 0.480 e. The van der Waals surface area contributed by atoms with Crippen LogP contribution >= 0.6 is 0 Å². The molecule has 1 unspecified atom stereocenters. The fourth-order valence-corrected chi connectivity index (χ4v) is 3.56. The van der Waals surface area contributed by atoms with Crippen molar-refractivity contribution < 1.29 is 29.3 Å². The summed E-state index contributed by atoms with van der Waals surface area (Å²) in [5.74, 6) is -1.27. The minimum atomic E-state index is -1.17. The number of fused-ring (bicyclic) bond motifs is 3. The van der Waals surface area contributed by atoms with Gasteiger partial charge in [-0.1, -0.05) is 48.5 Å². The Morgan fingerprint density at radius 1 is 1.03 bits per heavy atom. The van der Waals surface area contributed by atoms with Crippen molar-refractivity contribution in [3.63, 3.8) is 0 Å². The van der Waals surface area contributed by atoms with E-state index in [4.69, 9.17) is 15.6 Å². The molecule has 0 radical (unpaired) electrons. The van der Waals surface area contributed by atoms with Crippen molar-refractivity contribution in [3.05, 3.63) is 59.7 Å². The summed E-state index contributed by atoms with van der Waals surface area (Å²) >= 11 is 0. The minimum Gasteiger partial charge on any atom is -0.480 e. The van der Waals surface area contributed by atoms with Crippen molar-refractivity contribution >= 4 is 18.1 Å². The smallest absolute Gasteiger partial charge is 0.407 e. The van der Waals surface area contributed by atoms with Crippen LogP contribution in [-0.4, -0.2) is 54.2 Å². The third-order valence-corrected chi connectivity index (χ3v) is 4.90. The fraction of sp³-hybridized carbons (Fsp3) is 0.318. The lowest BCUT2D eigenvalue weighted by Crippen LogP contribution is -2.42. The number of hydrogen-bond donors (Lipinski definition) is 6. The second-order valence-electron chi connectivity index (χ2n) is 6.98. The molecule has 32 heavy (non-hydrogen) atoms. The van der Waals surface area contributed by atoms with Crippen molar-refractivity contribution in [2.75, 3.05) is 19.9 Å². The highest BCUT2D eigenvalue weighted by Crippen LogP contribution is 2.44. The summed E-state index contributed by atoms with van der Waals surface area (Å²) in [4.78, 5) is 34.2. The van der Waals surface area contributed by atoms with E-state index in [2.05, 4.69) is 16.4 Å². The van der Waals surface area contributed by atoms with Crippen LogP contribution in [0, 0.1) is 0 Å². The zero-order chi connectivity index (χ0) is 23.5. The van der Waals surface area contributed by atoms with Gasteiger partial charge < -0.3 is 37.1 Å². The van der Waals surface area contributed by atoms with Crippen LogP contribution in [0.1, 0.15) is 29.9 Å². The molecule has 0 fully saturated rings. The first-order valence-corrected chi connectivity index (χ1v) is 10.1. The zero-order valence-electron chi connectivity index (χ0n) is 17.5. The Kier molecular flexibility index (Phi) is 9.45. The summed E-state index contributed by atoms with van der Waals surface area (Å²) in [5, 5.41) is 21.4. The average molecular weight is 444 g/mol. The van der Waals surface area contributed by atoms with Gasteiger partial charge in [0, 0.05) is 12.5 Å². The molecule has 1 aliphatic carbocycles. The molecule has 0 saturated heterocycles. The Balaban J connectivity index is 0.00000114.